The van der Waals surface area contributed by atoms with Crippen molar-refractivity contribution in [3.63, 3.8) is 0 Å². The van der Waals surface area contributed by atoms with Gasteiger partial charge in [0.15, 0.2) is 0 Å². The number of pyridine rings is 1. The van der Waals surface area contributed by atoms with E-state index in [0.717, 1.165) is 18.1 Å². The second kappa shape index (κ2) is 5.70. The van der Waals surface area contributed by atoms with Gasteiger partial charge in [0.25, 0.3) is 0 Å². The van der Waals surface area contributed by atoms with Gasteiger partial charge in [0.1, 0.15) is 5.82 Å². The SMILES string of the molecule is ClCc1nc(N(Cc2ccsc2)C2CC2)ccc1Cl. The molecule has 2 aromatic heterocycles. The molecule has 2 heterocycles. The Balaban J connectivity index is 1.87. The maximum atomic E-state index is 6.08. The molecule has 19 heavy (non-hydrogen) atoms. The summed E-state index contributed by atoms with van der Waals surface area (Å²) in [5, 5.41) is 4.94. The van der Waals surface area contributed by atoms with Crippen LogP contribution in [0.2, 0.25) is 5.02 Å². The number of hydrogen-bond acceptors (Lipinski definition) is 3. The number of anilines is 1. The summed E-state index contributed by atoms with van der Waals surface area (Å²) < 4.78 is 0. The lowest BCUT2D eigenvalue weighted by molar-refractivity contribution is 0.777. The van der Waals surface area contributed by atoms with Crippen LogP contribution in [0.4, 0.5) is 5.82 Å². The quantitative estimate of drug-likeness (QED) is 0.744. The van der Waals surface area contributed by atoms with Gasteiger partial charge in [0, 0.05) is 12.6 Å². The molecule has 0 saturated heterocycles. The summed E-state index contributed by atoms with van der Waals surface area (Å²) in [5.41, 5.74) is 2.10. The summed E-state index contributed by atoms with van der Waals surface area (Å²) in [7, 11) is 0. The van der Waals surface area contributed by atoms with E-state index in [1.807, 2.05) is 12.1 Å². The van der Waals surface area contributed by atoms with E-state index in [1.165, 1.54) is 18.4 Å². The monoisotopic (exact) mass is 312 g/mol. The molecule has 2 nitrogen and oxygen atoms in total. The van der Waals surface area contributed by atoms with Gasteiger partial charge in [-0.05, 0) is 47.4 Å². The summed E-state index contributed by atoms with van der Waals surface area (Å²) in [6, 6.07) is 6.66. The number of thiophene rings is 1. The fourth-order valence-corrected chi connectivity index (χ4v) is 3.19. The second-order valence-corrected chi connectivity index (χ2v) is 6.18. The average molecular weight is 313 g/mol. The van der Waals surface area contributed by atoms with Crippen molar-refractivity contribution in [1.29, 1.82) is 0 Å². The van der Waals surface area contributed by atoms with Crippen molar-refractivity contribution in [3.8, 4) is 0 Å². The van der Waals surface area contributed by atoms with E-state index >= 15 is 0 Å². The van der Waals surface area contributed by atoms with Gasteiger partial charge in [-0.3, -0.25) is 0 Å². The Labute approximate surface area is 127 Å². The highest BCUT2D eigenvalue weighted by molar-refractivity contribution is 7.07. The Bertz CT molecular complexity index is 553. The zero-order chi connectivity index (χ0) is 13.2. The van der Waals surface area contributed by atoms with Gasteiger partial charge in [-0.25, -0.2) is 4.98 Å². The predicted molar refractivity (Wildman–Crippen MR) is 82.3 cm³/mol. The van der Waals surface area contributed by atoms with E-state index in [4.69, 9.17) is 23.2 Å². The molecule has 0 spiro atoms. The Morgan fingerprint density at radius 1 is 1.32 bits per heavy atom. The third kappa shape index (κ3) is 3.04. The van der Waals surface area contributed by atoms with Crippen LogP contribution < -0.4 is 4.90 Å². The Morgan fingerprint density at radius 3 is 2.79 bits per heavy atom. The van der Waals surface area contributed by atoms with Gasteiger partial charge >= 0.3 is 0 Å². The Hall–Kier alpha value is -0.770. The molecule has 0 aromatic carbocycles. The Kier molecular flexibility index (Phi) is 3.96. The molecular formula is C14H14Cl2N2S. The first-order valence-corrected chi connectivity index (χ1v) is 8.12. The van der Waals surface area contributed by atoms with E-state index in [1.54, 1.807) is 11.3 Å². The van der Waals surface area contributed by atoms with Gasteiger partial charge in [-0.15, -0.1) is 11.6 Å². The lowest BCUT2D eigenvalue weighted by Gasteiger charge is -2.23. The number of rotatable bonds is 5. The molecule has 2 aromatic rings. The first kappa shape index (κ1) is 13.2. The highest BCUT2D eigenvalue weighted by atomic mass is 35.5. The van der Waals surface area contributed by atoms with Crippen molar-refractivity contribution in [2.24, 2.45) is 0 Å². The third-order valence-electron chi connectivity index (χ3n) is 3.25. The van der Waals surface area contributed by atoms with Gasteiger partial charge < -0.3 is 4.90 Å². The lowest BCUT2D eigenvalue weighted by atomic mass is 10.3. The summed E-state index contributed by atoms with van der Waals surface area (Å²) in [6.45, 7) is 0.907. The van der Waals surface area contributed by atoms with Crippen molar-refractivity contribution in [3.05, 3.63) is 45.2 Å². The van der Waals surface area contributed by atoms with E-state index in [9.17, 15) is 0 Å². The van der Waals surface area contributed by atoms with E-state index < -0.39 is 0 Å². The van der Waals surface area contributed by atoms with Crippen molar-refractivity contribution < 1.29 is 0 Å². The van der Waals surface area contributed by atoms with Crippen LogP contribution in [0, 0.1) is 0 Å². The van der Waals surface area contributed by atoms with Crippen LogP contribution in [0.3, 0.4) is 0 Å². The highest BCUT2D eigenvalue weighted by Gasteiger charge is 2.30. The fourth-order valence-electron chi connectivity index (χ4n) is 2.09. The zero-order valence-electron chi connectivity index (χ0n) is 10.4. The molecule has 0 bridgehead atoms. The molecule has 5 heteroatoms. The topological polar surface area (TPSA) is 16.1 Å². The van der Waals surface area contributed by atoms with Crippen LogP contribution in [0.25, 0.3) is 0 Å². The molecule has 1 aliphatic carbocycles. The third-order valence-corrected chi connectivity index (χ3v) is 4.57. The van der Waals surface area contributed by atoms with Crippen LogP contribution in [-0.4, -0.2) is 11.0 Å². The fraction of sp³-hybridized carbons (Fsp3) is 0.357. The number of halogens is 2. The molecule has 1 aliphatic rings. The van der Waals surface area contributed by atoms with E-state index in [0.29, 0.717) is 16.9 Å². The van der Waals surface area contributed by atoms with Gasteiger partial charge in [-0.1, -0.05) is 11.6 Å². The standard InChI is InChI=1S/C14H14Cl2N2S/c15-7-13-12(16)3-4-14(17-13)18(11-1-2-11)8-10-5-6-19-9-10/h3-6,9,11H,1-2,7-8H2. The molecule has 3 rings (SSSR count). The van der Waals surface area contributed by atoms with Crippen LogP contribution in [0.1, 0.15) is 24.1 Å². The summed E-state index contributed by atoms with van der Waals surface area (Å²) in [4.78, 5) is 6.95. The number of hydrogen-bond donors (Lipinski definition) is 0. The van der Waals surface area contributed by atoms with Gasteiger partial charge in [0.05, 0.1) is 16.6 Å². The minimum Gasteiger partial charge on any atom is -0.349 e. The second-order valence-electron chi connectivity index (χ2n) is 4.72. The zero-order valence-corrected chi connectivity index (χ0v) is 12.7. The molecule has 0 atom stereocenters. The maximum absolute atomic E-state index is 6.08. The molecule has 0 aliphatic heterocycles. The number of aromatic nitrogens is 1. The summed E-state index contributed by atoms with van der Waals surface area (Å²) in [6.07, 6.45) is 2.48. The van der Waals surface area contributed by atoms with Crippen molar-refractivity contribution >= 4 is 40.4 Å². The van der Waals surface area contributed by atoms with E-state index in [2.05, 4.69) is 26.7 Å². The average Bonchev–Trinajstić information content (AvgIpc) is 3.14. The summed E-state index contributed by atoms with van der Waals surface area (Å²) >= 11 is 13.7. The lowest BCUT2D eigenvalue weighted by Crippen LogP contribution is -2.26. The number of alkyl halides is 1. The van der Waals surface area contributed by atoms with Crippen molar-refractivity contribution in [1.82, 2.24) is 4.98 Å². The first-order chi connectivity index (χ1) is 9.28. The number of nitrogens with zero attached hydrogens (tertiary/aromatic N) is 2. The van der Waals surface area contributed by atoms with Crippen molar-refractivity contribution in [2.75, 3.05) is 4.90 Å². The highest BCUT2D eigenvalue weighted by Crippen LogP contribution is 2.33. The molecule has 0 amide bonds. The van der Waals surface area contributed by atoms with Crippen LogP contribution in [-0.2, 0) is 12.4 Å². The molecule has 1 saturated carbocycles. The normalized spacial score (nSPS) is 14.6. The van der Waals surface area contributed by atoms with Crippen LogP contribution in [0.15, 0.2) is 29.0 Å². The van der Waals surface area contributed by atoms with Crippen molar-refractivity contribution in [2.45, 2.75) is 31.3 Å². The molecular weight excluding hydrogens is 299 g/mol. The smallest absolute Gasteiger partial charge is 0.129 e. The minimum atomic E-state index is 0.351. The maximum Gasteiger partial charge on any atom is 0.129 e. The largest absolute Gasteiger partial charge is 0.349 e. The van der Waals surface area contributed by atoms with Gasteiger partial charge in [0.2, 0.25) is 0 Å². The summed E-state index contributed by atoms with van der Waals surface area (Å²) in [5.74, 6) is 1.33. The first-order valence-electron chi connectivity index (χ1n) is 6.27. The molecule has 1 fully saturated rings. The molecule has 0 radical (unpaired) electrons. The van der Waals surface area contributed by atoms with Gasteiger partial charge in [-0.2, -0.15) is 11.3 Å². The minimum absolute atomic E-state index is 0.351. The Morgan fingerprint density at radius 2 is 2.16 bits per heavy atom. The van der Waals surface area contributed by atoms with Crippen LogP contribution in [0.5, 0.6) is 0 Å². The van der Waals surface area contributed by atoms with E-state index in [-0.39, 0.29) is 0 Å². The molecule has 100 valence electrons. The predicted octanol–water partition coefficient (Wildman–Crippen LogP) is 4.70. The molecule has 0 N–H and O–H groups in total. The van der Waals surface area contributed by atoms with Crippen LogP contribution >= 0.6 is 34.5 Å². The molecule has 0 unspecified atom stereocenters.